The van der Waals surface area contributed by atoms with Crippen LogP contribution in [0.5, 0.6) is 0 Å². The van der Waals surface area contributed by atoms with Crippen molar-refractivity contribution < 1.29 is 26.7 Å². The van der Waals surface area contributed by atoms with E-state index in [1.54, 1.807) is 0 Å². The number of rotatable bonds is 4. The first-order chi connectivity index (χ1) is 12.8. The molecule has 0 fully saturated rings. The molecule has 0 saturated heterocycles. The van der Waals surface area contributed by atoms with Gasteiger partial charge in [-0.3, -0.25) is 4.79 Å². The summed E-state index contributed by atoms with van der Waals surface area (Å²) in [5, 5.41) is 4.69. The van der Waals surface area contributed by atoms with Crippen molar-refractivity contribution >= 4 is 23.1 Å². The minimum absolute atomic E-state index is 0.00626. The van der Waals surface area contributed by atoms with Gasteiger partial charge < -0.3 is 10.6 Å². The molecule has 0 spiro atoms. The van der Waals surface area contributed by atoms with Crippen molar-refractivity contribution in [1.82, 2.24) is 9.97 Å². The molecular formula is C17H9F5N4O. The highest BCUT2D eigenvalue weighted by molar-refractivity contribution is 6.02. The lowest BCUT2D eigenvalue weighted by atomic mass is 10.2. The molecule has 0 saturated carbocycles. The summed E-state index contributed by atoms with van der Waals surface area (Å²) in [7, 11) is 0. The lowest BCUT2D eigenvalue weighted by Gasteiger charge is -2.08. The van der Waals surface area contributed by atoms with Crippen LogP contribution in [0.2, 0.25) is 0 Å². The van der Waals surface area contributed by atoms with Gasteiger partial charge in [-0.15, -0.1) is 0 Å². The highest BCUT2D eigenvalue weighted by Crippen LogP contribution is 2.22. The molecule has 27 heavy (non-hydrogen) atoms. The van der Waals surface area contributed by atoms with Crippen LogP contribution in [-0.2, 0) is 0 Å². The van der Waals surface area contributed by atoms with Gasteiger partial charge in [0.15, 0.2) is 29.1 Å². The van der Waals surface area contributed by atoms with Crippen LogP contribution < -0.4 is 10.6 Å². The molecule has 1 heterocycles. The van der Waals surface area contributed by atoms with Crippen molar-refractivity contribution in [3.63, 3.8) is 0 Å². The Morgan fingerprint density at radius 1 is 0.815 bits per heavy atom. The van der Waals surface area contributed by atoms with Crippen LogP contribution in [0.4, 0.5) is 39.1 Å². The molecule has 3 aromatic rings. The fourth-order valence-electron chi connectivity index (χ4n) is 2.04. The lowest BCUT2D eigenvalue weighted by Crippen LogP contribution is -2.14. The van der Waals surface area contributed by atoms with Crippen molar-refractivity contribution in [2.45, 2.75) is 0 Å². The Morgan fingerprint density at radius 2 is 1.56 bits per heavy atom. The Labute approximate surface area is 148 Å². The van der Waals surface area contributed by atoms with E-state index >= 15 is 0 Å². The summed E-state index contributed by atoms with van der Waals surface area (Å²) < 4.78 is 65.7. The van der Waals surface area contributed by atoms with E-state index in [1.807, 2.05) is 0 Å². The maximum Gasteiger partial charge on any atom is 0.275 e. The smallest absolute Gasteiger partial charge is 0.275 e. The number of anilines is 3. The minimum Gasteiger partial charge on any atom is -0.336 e. The fourth-order valence-corrected chi connectivity index (χ4v) is 2.04. The van der Waals surface area contributed by atoms with E-state index in [9.17, 15) is 26.7 Å². The number of hydrogen-bond donors (Lipinski definition) is 2. The molecule has 0 aliphatic rings. The van der Waals surface area contributed by atoms with Gasteiger partial charge in [0.1, 0.15) is 11.5 Å². The zero-order chi connectivity index (χ0) is 19.6. The van der Waals surface area contributed by atoms with Crippen LogP contribution >= 0.6 is 0 Å². The van der Waals surface area contributed by atoms with Gasteiger partial charge in [0.25, 0.3) is 5.91 Å². The first-order valence-electron chi connectivity index (χ1n) is 7.34. The number of nitrogens with zero attached hydrogens (tertiary/aromatic N) is 2. The Hall–Kier alpha value is -3.56. The quantitative estimate of drug-likeness (QED) is 0.527. The van der Waals surface area contributed by atoms with Gasteiger partial charge in [0.2, 0.25) is 0 Å². The molecule has 0 aliphatic heterocycles. The molecule has 1 amide bonds. The second-order valence-corrected chi connectivity index (χ2v) is 5.22. The summed E-state index contributed by atoms with van der Waals surface area (Å²) in [6.45, 7) is 0. The van der Waals surface area contributed by atoms with E-state index in [2.05, 4.69) is 20.6 Å². The van der Waals surface area contributed by atoms with E-state index < -0.39 is 35.0 Å². The summed E-state index contributed by atoms with van der Waals surface area (Å²) in [5.41, 5.74) is -0.537. The number of aromatic nitrogens is 2. The maximum atomic E-state index is 13.6. The third kappa shape index (κ3) is 4.00. The highest BCUT2D eigenvalue weighted by Gasteiger charge is 2.15. The molecule has 1 aromatic heterocycles. The molecule has 0 unspecified atom stereocenters. The Kier molecular flexibility index (Phi) is 4.97. The number of halogens is 5. The summed E-state index contributed by atoms with van der Waals surface area (Å²) in [6.07, 6.45) is 2.08. The third-order valence-corrected chi connectivity index (χ3v) is 3.36. The van der Waals surface area contributed by atoms with Crippen LogP contribution in [0.25, 0.3) is 0 Å². The molecule has 0 bridgehead atoms. The van der Waals surface area contributed by atoms with Gasteiger partial charge in [0.05, 0.1) is 18.1 Å². The second kappa shape index (κ2) is 7.36. The van der Waals surface area contributed by atoms with Gasteiger partial charge in [-0.1, -0.05) is 0 Å². The second-order valence-electron chi connectivity index (χ2n) is 5.22. The average molecular weight is 380 g/mol. The Morgan fingerprint density at radius 3 is 2.22 bits per heavy atom. The normalized spacial score (nSPS) is 10.6. The minimum atomic E-state index is -1.64. The van der Waals surface area contributed by atoms with E-state index in [4.69, 9.17) is 0 Å². The largest absolute Gasteiger partial charge is 0.336 e. The third-order valence-electron chi connectivity index (χ3n) is 3.36. The molecule has 0 radical (unpaired) electrons. The van der Waals surface area contributed by atoms with Crippen molar-refractivity contribution in [1.29, 1.82) is 0 Å². The van der Waals surface area contributed by atoms with Crippen molar-refractivity contribution in [2.24, 2.45) is 0 Å². The van der Waals surface area contributed by atoms with E-state index in [0.29, 0.717) is 0 Å². The molecule has 2 aromatic carbocycles. The van der Waals surface area contributed by atoms with Crippen LogP contribution in [-0.4, -0.2) is 15.9 Å². The van der Waals surface area contributed by atoms with Crippen LogP contribution in [0.1, 0.15) is 10.5 Å². The molecule has 0 aliphatic carbocycles. The summed E-state index contributed by atoms with van der Waals surface area (Å²) in [6, 6.07) is 4.50. The lowest BCUT2D eigenvalue weighted by molar-refractivity contribution is 0.102. The first-order valence-corrected chi connectivity index (χ1v) is 7.34. The predicted octanol–water partition coefficient (Wildman–Crippen LogP) is 4.17. The van der Waals surface area contributed by atoms with Gasteiger partial charge in [-0.2, -0.15) is 0 Å². The van der Waals surface area contributed by atoms with Gasteiger partial charge >= 0.3 is 0 Å². The first kappa shape index (κ1) is 18.2. The zero-order valence-corrected chi connectivity index (χ0v) is 13.2. The van der Waals surface area contributed by atoms with E-state index in [1.165, 1.54) is 0 Å². The van der Waals surface area contributed by atoms with Crippen molar-refractivity contribution in [3.05, 3.63) is 77.5 Å². The van der Waals surface area contributed by atoms with Crippen LogP contribution in [0.3, 0.4) is 0 Å². The topological polar surface area (TPSA) is 66.9 Å². The molecule has 3 rings (SSSR count). The van der Waals surface area contributed by atoms with Crippen LogP contribution in [0.15, 0.2) is 42.7 Å². The average Bonchev–Trinajstić information content (AvgIpc) is 2.66. The summed E-state index contributed by atoms with van der Waals surface area (Å²) in [4.78, 5) is 19.6. The SMILES string of the molecule is O=C(Nc1ccc(F)c(F)c1)c1cnc(Nc2ccc(F)c(F)c2F)cn1. The predicted molar refractivity (Wildman–Crippen MR) is 85.9 cm³/mol. The summed E-state index contributed by atoms with van der Waals surface area (Å²) >= 11 is 0. The van der Waals surface area contributed by atoms with Crippen molar-refractivity contribution in [3.8, 4) is 0 Å². The van der Waals surface area contributed by atoms with Gasteiger partial charge in [-0.25, -0.2) is 31.9 Å². The number of carbonyl (C=O) groups is 1. The maximum absolute atomic E-state index is 13.6. The van der Waals surface area contributed by atoms with Crippen LogP contribution in [0, 0.1) is 29.1 Å². The molecule has 138 valence electrons. The standard InChI is InChI=1S/C17H9F5N4O/c18-9-2-1-8(5-11(9)20)25-17(27)13-6-24-14(7-23-13)26-12-4-3-10(19)15(21)16(12)22/h1-7H,(H,24,26)(H,25,27). The monoisotopic (exact) mass is 380 g/mol. The Balaban J connectivity index is 1.72. The summed E-state index contributed by atoms with van der Waals surface area (Å²) in [5.74, 6) is -7.40. The number of hydrogen-bond acceptors (Lipinski definition) is 4. The fraction of sp³-hybridized carbons (Fsp3) is 0. The number of nitrogens with one attached hydrogen (secondary N) is 2. The Bertz CT molecular complexity index is 1010. The highest BCUT2D eigenvalue weighted by atomic mass is 19.2. The molecule has 2 N–H and O–H groups in total. The molecular weight excluding hydrogens is 371 g/mol. The van der Waals surface area contributed by atoms with Crippen molar-refractivity contribution in [2.75, 3.05) is 10.6 Å². The number of amides is 1. The number of benzene rings is 2. The van der Waals surface area contributed by atoms with Gasteiger partial charge in [-0.05, 0) is 24.3 Å². The van der Waals surface area contributed by atoms with E-state index in [0.717, 1.165) is 42.7 Å². The van der Waals surface area contributed by atoms with E-state index in [-0.39, 0.29) is 22.9 Å². The molecule has 0 atom stereocenters. The zero-order valence-electron chi connectivity index (χ0n) is 13.2. The molecule has 10 heteroatoms. The molecule has 5 nitrogen and oxygen atoms in total. The number of carbonyl (C=O) groups excluding carboxylic acids is 1. The van der Waals surface area contributed by atoms with Gasteiger partial charge in [0, 0.05) is 11.8 Å².